The van der Waals surface area contributed by atoms with Gasteiger partial charge in [-0.3, -0.25) is 9.97 Å². The molecule has 9 rings (SSSR count). The minimum atomic E-state index is 0.264. The molecular weight excluding hydrogens is 600 g/mol. The molecule has 0 unspecified atom stereocenters. The van der Waals surface area contributed by atoms with Crippen LogP contribution in [0, 0.1) is 0 Å². The van der Waals surface area contributed by atoms with Gasteiger partial charge in [-0.15, -0.1) is 20.4 Å². The van der Waals surface area contributed by atoms with E-state index in [1.54, 1.807) is 12.4 Å². The highest BCUT2D eigenvalue weighted by Gasteiger charge is 2.17. The molecule has 0 atom stereocenters. The Bertz CT molecular complexity index is 2410. The lowest BCUT2D eigenvalue weighted by molar-refractivity contribution is 0.580. The van der Waals surface area contributed by atoms with Gasteiger partial charge < -0.3 is 8.83 Å². The van der Waals surface area contributed by atoms with Crippen molar-refractivity contribution in [2.75, 3.05) is 0 Å². The third-order valence-electron chi connectivity index (χ3n) is 7.94. The van der Waals surface area contributed by atoms with E-state index in [0.717, 1.165) is 44.3 Å². The molecule has 0 fully saturated rings. The topological polar surface area (TPSA) is 129 Å². The SMILES string of the molecule is c1ccc(-c2ccc3ncc(-c4nnc(-c5cccc(-c6nnc(-c7cnc8ccc(-c9ccccc9)cc8n7)o6)c5)o4)nc3c2)cc1. The first kappa shape index (κ1) is 27.4. The molecular formula is C38H22N8O2. The molecule has 0 amide bonds. The third-order valence-corrected chi connectivity index (χ3v) is 7.94. The summed E-state index contributed by atoms with van der Waals surface area (Å²) in [6, 6.07) is 39.7. The zero-order chi connectivity index (χ0) is 31.9. The molecule has 4 heterocycles. The smallest absolute Gasteiger partial charge is 0.268 e. The lowest BCUT2D eigenvalue weighted by Crippen LogP contribution is -1.89. The van der Waals surface area contributed by atoms with Crippen LogP contribution in [0.15, 0.2) is 143 Å². The van der Waals surface area contributed by atoms with E-state index in [1.807, 2.05) is 97.1 Å². The predicted molar refractivity (Wildman–Crippen MR) is 181 cm³/mol. The summed E-state index contributed by atoms with van der Waals surface area (Å²) in [5.74, 6) is 1.17. The Morgan fingerprint density at radius 3 is 1.25 bits per heavy atom. The second-order valence-electron chi connectivity index (χ2n) is 11.1. The lowest BCUT2D eigenvalue weighted by atomic mass is 10.1. The van der Waals surface area contributed by atoms with Crippen molar-refractivity contribution in [3.8, 4) is 68.3 Å². The Morgan fingerprint density at radius 1 is 0.333 bits per heavy atom. The minimum absolute atomic E-state index is 0.264. The maximum absolute atomic E-state index is 6.06. The Labute approximate surface area is 272 Å². The average molecular weight is 623 g/mol. The van der Waals surface area contributed by atoms with Crippen LogP contribution in [0.3, 0.4) is 0 Å². The van der Waals surface area contributed by atoms with E-state index in [2.05, 4.69) is 54.6 Å². The normalized spacial score (nSPS) is 11.3. The number of hydrogen-bond donors (Lipinski definition) is 0. The van der Waals surface area contributed by atoms with E-state index in [9.17, 15) is 0 Å². The van der Waals surface area contributed by atoms with Crippen LogP contribution in [0.4, 0.5) is 0 Å². The van der Waals surface area contributed by atoms with Crippen molar-refractivity contribution >= 4 is 22.1 Å². The first-order valence-corrected chi connectivity index (χ1v) is 15.2. The van der Waals surface area contributed by atoms with Crippen LogP contribution in [0.1, 0.15) is 0 Å². The Kier molecular flexibility index (Phi) is 6.53. The van der Waals surface area contributed by atoms with Gasteiger partial charge in [-0.25, -0.2) is 9.97 Å². The van der Waals surface area contributed by atoms with E-state index in [0.29, 0.717) is 34.3 Å². The molecule has 0 radical (unpaired) electrons. The lowest BCUT2D eigenvalue weighted by Gasteiger charge is -2.04. The second-order valence-corrected chi connectivity index (χ2v) is 11.1. The van der Waals surface area contributed by atoms with Crippen LogP contribution in [0.25, 0.3) is 90.4 Å². The summed E-state index contributed by atoms with van der Waals surface area (Å²) in [5.41, 5.74) is 9.64. The van der Waals surface area contributed by atoms with Gasteiger partial charge in [-0.2, -0.15) is 0 Å². The van der Waals surface area contributed by atoms with E-state index in [4.69, 9.17) is 18.8 Å². The monoisotopic (exact) mass is 622 g/mol. The fourth-order valence-electron chi connectivity index (χ4n) is 5.52. The summed E-state index contributed by atoms with van der Waals surface area (Å²) in [4.78, 5) is 18.7. The number of hydrogen-bond acceptors (Lipinski definition) is 10. The Hall–Kier alpha value is -6.94. The van der Waals surface area contributed by atoms with Crippen LogP contribution in [-0.2, 0) is 0 Å². The zero-order valence-corrected chi connectivity index (χ0v) is 25.1. The molecule has 0 N–H and O–H groups in total. The number of benzene rings is 5. The molecule has 0 aliphatic carbocycles. The van der Waals surface area contributed by atoms with E-state index in [1.165, 1.54) is 0 Å². The van der Waals surface area contributed by atoms with Crippen molar-refractivity contribution in [3.63, 3.8) is 0 Å². The minimum Gasteiger partial charge on any atom is -0.415 e. The summed E-state index contributed by atoms with van der Waals surface area (Å²) in [5, 5.41) is 17.1. The van der Waals surface area contributed by atoms with Gasteiger partial charge in [0.1, 0.15) is 11.4 Å². The van der Waals surface area contributed by atoms with Crippen LogP contribution in [0.5, 0.6) is 0 Å². The molecule has 0 saturated heterocycles. The Balaban J connectivity index is 0.986. The van der Waals surface area contributed by atoms with Gasteiger partial charge in [0.2, 0.25) is 11.8 Å². The van der Waals surface area contributed by atoms with Crippen molar-refractivity contribution in [3.05, 3.63) is 134 Å². The molecule has 0 aliphatic rings. The second kappa shape index (κ2) is 11.5. The average Bonchev–Trinajstić information content (AvgIpc) is 3.87. The molecule has 0 saturated carbocycles. The van der Waals surface area contributed by atoms with Gasteiger partial charge in [-0.1, -0.05) is 78.9 Å². The molecule has 0 bridgehead atoms. The third kappa shape index (κ3) is 5.13. The number of nitrogens with zero attached hydrogens (tertiary/aromatic N) is 8. The summed E-state index contributed by atoms with van der Waals surface area (Å²) in [7, 11) is 0. The number of aromatic nitrogens is 8. The van der Waals surface area contributed by atoms with Gasteiger partial charge in [0.05, 0.1) is 34.5 Å². The van der Waals surface area contributed by atoms with Crippen LogP contribution < -0.4 is 0 Å². The van der Waals surface area contributed by atoms with Crippen molar-refractivity contribution < 1.29 is 8.83 Å². The van der Waals surface area contributed by atoms with E-state index in [-0.39, 0.29) is 11.8 Å². The zero-order valence-electron chi connectivity index (χ0n) is 25.1. The maximum Gasteiger partial charge on any atom is 0.268 e. The molecule has 0 aliphatic heterocycles. The quantitative estimate of drug-likeness (QED) is 0.178. The van der Waals surface area contributed by atoms with E-state index >= 15 is 0 Å². The molecule has 5 aromatic carbocycles. The highest BCUT2D eigenvalue weighted by molar-refractivity contribution is 5.83. The van der Waals surface area contributed by atoms with Gasteiger partial charge in [-0.05, 0) is 64.7 Å². The van der Waals surface area contributed by atoms with Gasteiger partial charge >= 0.3 is 0 Å². The summed E-state index contributed by atoms with van der Waals surface area (Å²) >= 11 is 0. The van der Waals surface area contributed by atoms with Crippen molar-refractivity contribution in [1.82, 2.24) is 40.3 Å². The molecule has 10 heteroatoms. The van der Waals surface area contributed by atoms with Crippen molar-refractivity contribution in [1.29, 1.82) is 0 Å². The van der Waals surface area contributed by atoms with E-state index < -0.39 is 0 Å². The first-order valence-electron chi connectivity index (χ1n) is 15.2. The van der Waals surface area contributed by atoms with Gasteiger partial charge in [0, 0.05) is 11.1 Å². The first-order chi connectivity index (χ1) is 23.7. The summed E-state index contributed by atoms with van der Waals surface area (Å²) in [6.45, 7) is 0. The molecule has 0 spiro atoms. The van der Waals surface area contributed by atoms with Crippen molar-refractivity contribution in [2.45, 2.75) is 0 Å². The van der Waals surface area contributed by atoms with Gasteiger partial charge in [0.15, 0.2) is 0 Å². The van der Waals surface area contributed by atoms with Gasteiger partial charge in [0.25, 0.3) is 11.8 Å². The van der Waals surface area contributed by atoms with Crippen molar-refractivity contribution in [2.24, 2.45) is 0 Å². The highest BCUT2D eigenvalue weighted by atomic mass is 16.4. The summed E-state index contributed by atoms with van der Waals surface area (Å²) in [6.07, 6.45) is 3.27. The molecule has 226 valence electrons. The number of fused-ring (bicyclic) bond motifs is 2. The fraction of sp³-hybridized carbons (Fsp3) is 0. The molecule has 4 aromatic heterocycles. The fourth-order valence-corrected chi connectivity index (χ4v) is 5.52. The highest BCUT2D eigenvalue weighted by Crippen LogP contribution is 2.30. The van der Waals surface area contributed by atoms with Crippen LogP contribution in [0.2, 0.25) is 0 Å². The van der Waals surface area contributed by atoms with Crippen LogP contribution in [-0.4, -0.2) is 40.3 Å². The molecule has 9 aromatic rings. The largest absolute Gasteiger partial charge is 0.415 e. The molecule has 48 heavy (non-hydrogen) atoms. The number of rotatable bonds is 6. The summed E-state index contributed by atoms with van der Waals surface area (Å²) < 4.78 is 12.1. The van der Waals surface area contributed by atoms with Crippen LogP contribution >= 0.6 is 0 Å². The predicted octanol–water partition coefficient (Wildman–Crippen LogP) is 8.34. The Morgan fingerprint density at radius 2 is 0.771 bits per heavy atom. The maximum atomic E-state index is 6.06. The standard InChI is InChI=1S/C38H22N8O2/c1-3-8-23(9-4-1)25-14-16-29-31(19-25)41-33(21-39-29)37-45-43-35(47-37)27-12-7-13-28(18-27)36-44-46-38(48-36)34-22-40-30-17-15-26(20-32(30)42-34)24-10-5-2-6-11-24/h1-22H. The molecule has 10 nitrogen and oxygen atoms in total.